The summed E-state index contributed by atoms with van der Waals surface area (Å²) in [4.78, 5) is 0. The molecule has 0 N–H and O–H groups in total. The van der Waals surface area contributed by atoms with Gasteiger partial charge >= 0.3 is 0 Å². The summed E-state index contributed by atoms with van der Waals surface area (Å²) in [6.07, 6.45) is 2.05. The molecule has 0 atom stereocenters. The molecule has 30 heavy (non-hydrogen) atoms. The van der Waals surface area contributed by atoms with E-state index < -0.39 is 0 Å². The molecular weight excluding hydrogens is 360 g/mol. The van der Waals surface area contributed by atoms with Crippen molar-refractivity contribution in [1.82, 2.24) is 0 Å². The van der Waals surface area contributed by atoms with E-state index in [1.54, 1.807) is 0 Å². The molecule has 0 saturated carbocycles. The Bertz CT molecular complexity index is 1050. The maximum atomic E-state index is 2.37. The van der Waals surface area contributed by atoms with Crippen molar-refractivity contribution in [2.45, 2.75) is 40.5 Å². The minimum atomic E-state index is 1.03. The van der Waals surface area contributed by atoms with Crippen molar-refractivity contribution < 1.29 is 0 Å². The van der Waals surface area contributed by atoms with Gasteiger partial charge in [0.25, 0.3) is 0 Å². The molecule has 0 aliphatic rings. The summed E-state index contributed by atoms with van der Waals surface area (Å²) < 4.78 is 0. The van der Waals surface area contributed by atoms with Gasteiger partial charge in [-0.15, -0.1) is 0 Å². The Morgan fingerprint density at radius 1 is 0.433 bits per heavy atom. The topological polar surface area (TPSA) is 0 Å². The monoisotopic (exact) mass is 390 g/mol. The highest BCUT2D eigenvalue weighted by molar-refractivity contribution is 5.77. The van der Waals surface area contributed by atoms with Gasteiger partial charge in [-0.1, -0.05) is 110 Å². The second-order valence-electron chi connectivity index (χ2n) is 8.18. The second kappa shape index (κ2) is 8.71. The van der Waals surface area contributed by atoms with E-state index in [9.17, 15) is 0 Å². The van der Waals surface area contributed by atoms with Crippen molar-refractivity contribution in [2.24, 2.45) is 0 Å². The van der Waals surface area contributed by atoms with E-state index in [1.165, 1.54) is 55.6 Å². The molecule has 0 spiro atoms. The summed E-state index contributed by atoms with van der Waals surface area (Å²) >= 11 is 0. The molecule has 0 radical (unpaired) electrons. The second-order valence-corrected chi connectivity index (χ2v) is 8.18. The van der Waals surface area contributed by atoms with Crippen LogP contribution >= 0.6 is 0 Å². The molecule has 0 heteroatoms. The third-order valence-electron chi connectivity index (χ3n) is 6.03. The largest absolute Gasteiger partial charge is 0.0613 e. The molecule has 0 heterocycles. The Morgan fingerprint density at radius 3 is 1.10 bits per heavy atom. The first-order valence-corrected chi connectivity index (χ1v) is 11.0. The van der Waals surface area contributed by atoms with Gasteiger partial charge < -0.3 is 0 Å². The SMILES string of the molecule is CCc1cc(-c2ccc(-c3ccc(C)cc3)c(CC)c2)ccc1-c1ccc(C)cc1. The van der Waals surface area contributed by atoms with Gasteiger partial charge in [-0.25, -0.2) is 0 Å². The number of hydrogen-bond acceptors (Lipinski definition) is 0. The van der Waals surface area contributed by atoms with Crippen LogP contribution < -0.4 is 0 Å². The van der Waals surface area contributed by atoms with Crippen LogP contribution in [0.25, 0.3) is 33.4 Å². The van der Waals surface area contributed by atoms with Crippen LogP contribution in [0.15, 0.2) is 84.9 Å². The van der Waals surface area contributed by atoms with Crippen molar-refractivity contribution in [1.29, 1.82) is 0 Å². The summed E-state index contributed by atoms with van der Waals surface area (Å²) in [5.74, 6) is 0. The summed E-state index contributed by atoms with van der Waals surface area (Å²) in [6, 6.07) is 31.6. The number of aryl methyl sites for hydroxylation is 4. The first kappa shape index (κ1) is 20.2. The quantitative estimate of drug-likeness (QED) is 0.321. The van der Waals surface area contributed by atoms with Crippen molar-refractivity contribution in [3.05, 3.63) is 107 Å². The molecule has 0 aliphatic heterocycles. The zero-order valence-electron chi connectivity index (χ0n) is 18.5. The van der Waals surface area contributed by atoms with Gasteiger partial charge in [0, 0.05) is 0 Å². The minimum Gasteiger partial charge on any atom is -0.0613 e. The Labute approximate surface area is 181 Å². The maximum Gasteiger partial charge on any atom is -0.0152 e. The van der Waals surface area contributed by atoms with Gasteiger partial charge in [-0.2, -0.15) is 0 Å². The molecule has 4 rings (SSSR count). The van der Waals surface area contributed by atoms with Gasteiger partial charge in [0.05, 0.1) is 0 Å². The van der Waals surface area contributed by atoms with Gasteiger partial charge in [0.2, 0.25) is 0 Å². The lowest BCUT2D eigenvalue weighted by molar-refractivity contribution is 1.14. The lowest BCUT2D eigenvalue weighted by Gasteiger charge is -2.14. The Hall–Kier alpha value is -3.12. The molecule has 0 saturated heterocycles. The molecule has 4 aromatic carbocycles. The van der Waals surface area contributed by atoms with E-state index in [2.05, 4.69) is 113 Å². The third kappa shape index (κ3) is 4.09. The molecule has 0 unspecified atom stereocenters. The Kier molecular flexibility index (Phi) is 5.86. The molecule has 0 aromatic heterocycles. The molecule has 0 aliphatic carbocycles. The molecular formula is C30H30. The highest BCUT2D eigenvalue weighted by Crippen LogP contribution is 2.33. The number of hydrogen-bond donors (Lipinski definition) is 0. The van der Waals surface area contributed by atoms with E-state index >= 15 is 0 Å². The first-order valence-electron chi connectivity index (χ1n) is 11.0. The van der Waals surface area contributed by atoms with Gasteiger partial charge in [-0.05, 0) is 71.2 Å². The van der Waals surface area contributed by atoms with Crippen LogP contribution in [0, 0.1) is 13.8 Å². The minimum absolute atomic E-state index is 1.03. The van der Waals surface area contributed by atoms with Crippen molar-refractivity contribution in [2.75, 3.05) is 0 Å². The lowest BCUT2D eigenvalue weighted by Crippen LogP contribution is -1.92. The Balaban J connectivity index is 1.73. The average Bonchev–Trinajstić information content (AvgIpc) is 2.79. The highest BCUT2D eigenvalue weighted by Gasteiger charge is 2.10. The average molecular weight is 391 g/mol. The van der Waals surface area contributed by atoms with E-state index in [0.717, 1.165) is 12.8 Å². The van der Waals surface area contributed by atoms with E-state index in [1.807, 2.05) is 0 Å². The normalized spacial score (nSPS) is 10.9. The molecule has 0 nitrogen and oxygen atoms in total. The van der Waals surface area contributed by atoms with Crippen LogP contribution in [0.4, 0.5) is 0 Å². The summed E-state index contributed by atoms with van der Waals surface area (Å²) in [5, 5.41) is 0. The summed E-state index contributed by atoms with van der Waals surface area (Å²) in [7, 11) is 0. The zero-order chi connectivity index (χ0) is 21.1. The van der Waals surface area contributed by atoms with Crippen LogP contribution in [0.5, 0.6) is 0 Å². The third-order valence-corrected chi connectivity index (χ3v) is 6.03. The predicted molar refractivity (Wildman–Crippen MR) is 131 cm³/mol. The van der Waals surface area contributed by atoms with Crippen LogP contribution in [0.2, 0.25) is 0 Å². The summed E-state index contributed by atoms with van der Waals surface area (Å²) in [6.45, 7) is 8.77. The number of rotatable bonds is 5. The molecule has 4 aromatic rings. The lowest BCUT2D eigenvalue weighted by atomic mass is 9.90. The van der Waals surface area contributed by atoms with Crippen molar-refractivity contribution in [3.8, 4) is 33.4 Å². The van der Waals surface area contributed by atoms with Gasteiger partial charge in [0.1, 0.15) is 0 Å². The molecule has 150 valence electrons. The molecule has 0 bridgehead atoms. The smallest absolute Gasteiger partial charge is 0.0152 e. The van der Waals surface area contributed by atoms with Crippen LogP contribution in [0.3, 0.4) is 0 Å². The fourth-order valence-electron chi connectivity index (χ4n) is 4.16. The Morgan fingerprint density at radius 2 is 0.767 bits per heavy atom. The van der Waals surface area contributed by atoms with Crippen LogP contribution in [0.1, 0.15) is 36.1 Å². The van der Waals surface area contributed by atoms with E-state index in [4.69, 9.17) is 0 Å². The van der Waals surface area contributed by atoms with Gasteiger partial charge in [0.15, 0.2) is 0 Å². The predicted octanol–water partition coefficient (Wildman–Crippen LogP) is 8.43. The maximum absolute atomic E-state index is 2.37. The first-order chi connectivity index (χ1) is 14.6. The fourth-order valence-corrected chi connectivity index (χ4v) is 4.16. The standard InChI is InChI=1S/C30H30/c1-5-23-19-27(15-17-29(23)25-11-7-21(3)8-12-25)28-16-18-30(24(6-2)20-28)26-13-9-22(4)10-14-26/h7-20H,5-6H2,1-4H3. The fraction of sp³-hybridized carbons (Fsp3) is 0.200. The van der Waals surface area contributed by atoms with Crippen LogP contribution in [-0.2, 0) is 12.8 Å². The summed E-state index contributed by atoms with van der Waals surface area (Å²) in [5.41, 5.74) is 13.3. The van der Waals surface area contributed by atoms with Crippen molar-refractivity contribution in [3.63, 3.8) is 0 Å². The molecule has 0 amide bonds. The van der Waals surface area contributed by atoms with E-state index in [0.29, 0.717) is 0 Å². The van der Waals surface area contributed by atoms with Gasteiger partial charge in [-0.3, -0.25) is 0 Å². The zero-order valence-corrected chi connectivity index (χ0v) is 18.5. The number of benzene rings is 4. The highest BCUT2D eigenvalue weighted by atomic mass is 14.1. The van der Waals surface area contributed by atoms with E-state index in [-0.39, 0.29) is 0 Å². The molecule has 0 fully saturated rings. The van der Waals surface area contributed by atoms with Crippen LogP contribution in [-0.4, -0.2) is 0 Å². The van der Waals surface area contributed by atoms with Crippen molar-refractivity contribution >= 4 is 0 Å².